The molecule has 7 heteroatoms. The molecule has 1 rings (SSSR count). The van der Waals surface area contributed by atoms with Crippen molar-refractivity contribution < 1.29 is 24.2 Å². The van der Waals surface area contributed by atoms with Gasteiger partial charge in [-0.2, -0.15) is 0 Å². The molecular weight excluding hydrogens is 240 g/mol. The largest absolute Gasteiger partial charge is 0.481 e. The van der Waals surface area contributed by atoms with Crippen LogP contribution in [0.1, 0.15) is 6.42 Å². The normalized spacial score (nSPS) is 20.8. The minimum atomic E-state index is -0.848. The van der Waals surface area contributed by atoms with E-state index in [0.717, 1.165) is 0 Å². The number of aliphatic carboxylic acids is 1. The van der Waals surface area contributed by atoms with Crippen LogP contribution in [0, 0.1) is 5.92 Å². The van der Waals surface area contributed by atoms with Gasteiger partial charge in [-0.1, -0.05) is 0 Å². The van der Waals surface area contributed by atoms with Crippen molar-refractivity contribution in [1.82, 2.24) is 10.2 Å². The van der Waals surface area contributed by atoms with Crippen LogP contribution >= 0.6 is 0 Å². The molecule has 0 aromatic carbocycles. The van der Waals surface area contributed by atoms with Crippen LogP contribution in [0.3, 0.4) is 0 Å². The number of carboxylic acids is 1. The zero-order valence-electron chi connectivity index (χ0n) is 10.7. The average molecular weight is 260 g/mol. The van der Waals surface area contributed by atoms with Gasteiger partial charge in [-0.05, 0) is 6.42 Å². The Morgan fingerprint density at radius 2 is 2.22 bits per heavy atom. The highest BCUT2D eigenvalue weighted by Gasteiger charge is 2.30. The topological polar surface area (TPSA) is 88.1 Å². The number of urea groups is 1. The van der Waals surface area contributed by atoms with Gasteiger partial charge in [0.05, 0.1) is 18.6 Å². The predicted molar refractivity (Wildman–Crippen MR) is 63.4 cm³/mol. The summed E-state index contributed by atoms with van der Waals surface area (Å²) in [5.41, 5.74) is 0. The molecule has 104 valence electrons. The number of carboxylic acid groups (broad SMARTS) is 1. The van der Waals surface area contributed by atoms with E-state index in [1.807, 2.05) is 0 Å². The SMILES string of the molecule is COCC(CNC(=O)N1CCC(C(=O)O)C1)OC. The van der Waals surface area contributed by atoms with Crippen molar-refractivity contribution in [3.63, 3.8) is 0 Å². The summed E-state index contributed by atoms with van der Waals surface area (Å²) in [7, 11) is 3.11. The number of amides is 2. The molecule has 0 saturated carbocycles. The lowest BCUT2D eigenvalue weighted by Crippen LogP contribution is -2.43. The second-order valence-electron chi connectivity index (χ2n) is 4.27. The van der Waals surface area contributed by atoms with E-state index in [1.165, 1.54) is 4.90 Å². The first-order valence-corrected chi connectivity index (χ1v) is 5.85. The van der Waals surface area contributed by atoms with Crippen molar-refractivity contribution in [2.75, 3.05) is 40.5 Å². The lowest BCUT2D eigenvalue weighted by Gasteiger charge is -2.19. The fourth-order valence-electron chi connectivity index (χ4n) is 1.86. The summed E-state index contributed by atoms with van der Waals surface area (Å²) in [4.78, 5) is 24.0. The molecule has 0 spiro atoms. The Morgan fingerprint density at radius 1 is 1.50 bits per heavy atom. The molecule has 1 fully saturated rings. The molecular formula is C11H20N2O5. The fraction of sp³-hybridized carbons (Fsp3) is 0.818. The number of rotatable bonds is 6. The molecule has 7 nitrogen and oxygen atoms in total. The van der Waals surface area contributed by atoms with Gasteiger partial charge in [0.1, 0.15) is 0 Å². The Morgan fingerprint density at radius 3 is 2.72 bits per heavy atom. The molecule has 0 bridgehead atoms. The van der Waals surface area contributed by atoms with Crippen LogP contribution in [0.15, 0.2) is 0 Å². The van der Waals surface area contributed by atoms with Crippen LogP contribution in [0.2, 0.25) is 0 Å². The van der Waals surface area contributed by atoms with Crippen LogP contribution in [0.4, 0.5) is 4.79 Å². The van der Waals surface area contributed by atoms with Gasteiger partial charge in [0, 0.05) is 33.9 Å². The van der Waals surface area contributed by atoms with Crippen molar-refractivity contribution in [3.8, 4) is 0 Å². The second kappa shape index (κ2) is 7.17. The van der Waals surface area contributed by atoms with Crippen LogP contribution in [-0.4, -0.2) is 68.6 Å². The maximum atomic E-state index is 11.8. The summed E-state index contributed by atoms with van der Waals surface area (Å²) in [5.74, 6) is -1.30. The minimum absolute atomic E-state index is 0.197. The highest BCUT2D eigenvalue weighted by atomic mass is 16.5. The standard InChI is InChI=1S/C11H20N2O5/c1-17-7-9(18-2)5-12-11(16)13-4-3-8(6-13)10(14)15/h8-9H,3-7H2,1-2H3,(H,12,16)(H,14,15). The number of hydrogen-bond donors (Lipinski definition) is 2. The summed E-state index contributed by atoms with van der Waals surface area (Å²) in [5, 5.41) is 11.6. The molecule has 18 heavy (non-hydrogen) atoms. The number of likely N-dealkylation sites (tertiary alicyclic amines) is 1. The quantitative estimate of drug-likeness (QED) is 0.688. The number of carbonyl (C=O) groups is 2. The first-order chi connectivity index (χ1) is 8.58. The van der Waals surface area contributed by atoms with Crippen LogP contribution in [0.25, 0.3) is 0 Å². The van der Waals surface area contributed by atoms with E-state index >= 15 is 0 Å². The van der Waals surface area contributed by atoms with Crippen LogP contribution in [0.5, 0.6) is 0 Å². The maximum Gasteiger partial charge on any atom is 0.317 e. The zero-order valence-corrected chi connectivity index (χ0v) is 10.7. The molecule has 1 aliphatic heterocycles. The van der Waals surface area contributed by atoms with Crippen molar-refractivity contribution in [1.29, 1.82) is 0 Å². The Labute approximate surface area is 106 Å². The van der Waals surface area contributed by atoms with Gasteiger partial charge in [-0.3, -0.25) is 4.79 Å². The van der Waals surface area contributed by atoms with E-state index in [0.29, 0.717) is 26.1 Å². The molecule has 2 atom stereocenters. The van der Waals surface area contributed by atoms with Crippen molar-refractivity contribution >= 4 is 12.0 Å². The predicted octanol–water partition coefficient (Wildman–Crippen LogP) is -0.236. The van der Waals surface area contributed by atoms with Crippen molar-refractivity contribution in [3.05, 3.63) is 0 Å². The summed E-state index contributed by atoms with van der Waals surface area (Å²) in [6.07, 6.45) is 0.311. The zero-order chi connectivity index (χ0) is 13.5. The van der Waals surface area contributed by atoms with Gasteiger partial charge in [-0.25, -0.2) is 4.79 Å². The third-order valence-corrected chi connectivity index (χ3v) is 2.99. The molecule has 2 N–H and O–H groups in total. The summed E-state index contributed by atoms with van der Waals surface area (Å²) in [6, 6.07) is -0.253. The number of methoxy groups -OCH3 is 2. The third kappa shape index (κ3) is 4.15. The number of nitrogens with zero attached hydrogens (tertiary/aromatic N) is 1. The van der Waals surface area contributed by atoms with Gasteiger partial charge < -0.3 is 24.8 Å². The Hall–Kier alpha value is -1.34. The molecule has 0 aliphatic carbocycles. The van der Waals surface area contributed by atoms with Gasteiger partial charge >= 0.3 is 12.0 Å². The number of hydrogen-bond acceptors (Lipinski definition) is 4. The Kier molecular flexibility index (Phi) is 5.87. The Bertz CT molecular complexity index is 297. The average Bonchev–Trinajstić information content (AvgIpc) is 2.83. The molecule has 0 aromatic rings. The third-order valence-electron chi connectivity index (χ3n) is 2.99. The van der Waals surface area contributed by atoms with Crippen LogP contribution < -0.4 is 5.32 Å². The molecule has 1 saturated heterocycles. The molecule has 0 aromatic heterocycles. The van der Waals surface area contributed by atoms with E-state index in [4.69, 9.17) is 14.6 Å². The monoisotopic (exact) mass is 260 g/mol. The maximum absolute atomic E-state index is 11.8. The number of nitrogens with one attached hydrogen (secondary N) is 1. The lowest BCUT2D eigenvalue weighted by atomic mass is 10.1. The first-order valence-electron chi connectivity index (χ1n) is 5.85. The van der Waals surface area contributed by atoms with E-state index in [1.54, 1.807) is 14.2 Å². The molecule has 2 amide bonds. The summed E-state index contributed by atoms with van der Waals surface area (Å²) >= 11 is 0. The molecule has 2 unspecified atom stereocenters. The molecule has 1 heterocycles. The van der Waals surface area contributed by atoms with Crippen molar-refractivity contribution in [2.45, 2.75) is 12.5 Å². The highest BCUT2D eigenvalue weighted by molar-refractivity contribution is 5.77. The molecule has 1 aliphatic rings. The Balaban J connectivity index is 2.31. The highest BCUT2D eigenvalue weighted by Crippen LogP contribution is 2.15. The van der Waals surface area contributed by atoms with Gasteiger partial charge in [0.25, 0.3) is 0 Å². The second-order valence-corrected chi connectivity index (χ2v) is 4.27. The van der Waals surface area contributed by atoms with Gasteiger partial charge in [0.2, 0.25) is 0 Å². The fourth-order valence-corrected chi connectivity index (χ4v) is 1.86. The van der Waals surface area contributed by atoms with Gasteiger partial charge in [-0.15, -0.1) is 0 Å². The van der Waals surface area contributed by atoms with Crippen molar-refractivity contribution in [2.24, 2.45) is 5.92 Å². The van der Waals surface area contributed by atoms with E-state index in [-0.39, 0.29) is 18.7 Å². The lowest BCUT2D eigenvalue weighted by molar-refractivity contribution is -0.141. The summed E-state index contributed by atoms with van der Waals surface area (Å²) in [6.45, 7) is 1.49. The number of carbonyl (C=O) groups excluding carboxylic acids is 1. The minimum Gasteiger partial charge on any atom is -0.481 e. The molecule has 0 radical (unpaired) electrons. The van der Waals surface area contributed by atoms with E-state index in [9.17, 15) is 9.59 Å². The summed E-state index contributed by atoms with van der Waals surface area (Å²) < 4.78 is 10.0. The van der Waals surface area contributed by atoms with E-state index in [2.05, 4.69) is 5.32 Å². The smallest absolute Gasteiger partial charge is 0.317 e. The first kappa shape index (κ1) is 14.7. The number of ether oxygens (including phenoxy) is 2. The van der Waals surface area contributed by atoms with E-state index < -0.39 is 11.9 Å². The van der Waals surface area contributed by atoms with Gasteiger partial charge in [0.15, 0.2) is 0 Å². The van der Waals surface area contributed by atoms with Crippen LogP contribution in [-0.2, 0) is 14.3 Å².